The maximum atomic E-state index is 12.4. The number of anilines is 1. The summed E-state index contributed by atoms with van der Waals surface area (Å²) in [5.41, 5.74) is 1.98. The molecule has 1 saturated carbocycles. The van der Waals surface area contributed by atoms with Gasteiger partial charge in [-0.25, -0.2) is 4.68 Å². The Bertz CT molecular complexity index is 731. The number of nitrogens with one attached hydrogen (secondary N) is 1. The molecule has 3 rings (SSSR count). The maximum absolute atomic E-state index is 12.4. The van der Waals surface area contributed by atoms with Gasteiger partial charge in [0.1, 0.15) is 0 Å². The topological polar surface area (TPSA) is 72.7 Å². The quantitative estimate of drug-likeness (QED) is 0.822. The van der Waals surface area contributed by atoms with Crippen LogP contribution in [0.4, 0.5) is 5.69 Å². The molecule has 1 heterocycles. The summed E-state index contributed by atoms with van der Waals surface area (Å²) in [5.74, 6) is 0.258. The van der Waals surface area contributed by atoms with E-state index in [-0.39, 0.29) is 11.3 Å². The second-order valence-electron chi connectivity index (χ2n) is 7.48. The highest BCUT2D eigenvalue weighted by Crippen LogP contribution is 2.32. The van der Waals surface area contributed by atoms with Crippen LogP contribution in [0, 0.1) is 0 Å². The van der Waals surface area contributed by atoms with Gasteiger partial charge in [0.25, 0.3) is 0 Å². The third-order valence-electron chi connectivity index (χ3n) is 4.47. The predicted octanol–water partition coefficient (Wildman–Crippen LogP) is 3.82. The van der Waals surface area contributed by atoms with Crippen molar-refractivity contribution in [3.63, 3.8) is 0 Å². The summed E-state index contributed by atoms with van der Waals surface area (Å²) in [6, 6.07) is 8.33. The third kappa shape index (κ3) is 4.39. The number of hydrogen-bond donors (Lipinski definition) is 1. The number of aromatic nitrogens is 4. The summed E-state index contributed by atoms with van der Waals surface area (Å²) >= 11 is 1.40. The Labute approximate surface area is 152 Å². The molecular formula is C18H25N5OS. The number of para-hydroxylation sites is 1. The number of tetrazole rings is 1. The molecule has 1 aromatic heterocycles. The van der Waals surface area contributed by atoms with Gasteiger partial charge < -0.3 is 5.32 Å². The Morgan fingerprint density at radius 2 is 2.00 bits per heavy atom. The van der Waals surface area contributed by atoms with Gasteiger partial charge in [-0.3, -0.25) is 4.79 Å². The summed E-state index contributed by atoms with van der Waals surface area (Å²) < 4.78 is 1.88. The molecule has 1 aliphatic rings. The molecular weight excluding hydrogens is 334 g/mol. The summed E-state index contributed by atoms with van der Waals surface area (Å²) in [6.45, 7) is 6.42. The molecule has 1 aliphatic carbocycles. The van der Waals surface area contributed by atoms with Gasteiger partial charge >= 0.3 is 0 Å². The van der Waals surface area contributed by atoms with Crippen LogP contribution in [0.15, 0.2) is 29.4 Å². The van der Waals surface area contributed by atoms with E-state index in [1.54, 1.807) is 0 Å². The fraction of sp³-hybridized carbons (Fsp3) is 0.556. The van der Waals surface area contributed by atoms with E-state index in [0.717, 1.165) is 29.2 Å². The molecule has 0 aliphatic heterocycles. The Kier molecular flexibility index (Phi) is 5.42. The minimum Gasteiger partial charge on any atom is -0.325 e. The molecule has 6 nitrogen and oxygen atoms in total. The fourth-order valence-corrected chi connectivity index (χ4v) is 3.97. The zero-order valence-corrected chi connectivity index (χ0v) is 15.8. The van der Waals surface area contributed by atoms with E-state index >= 15 is 0 Å². The molecule has 0 atom stereocenters. The van der Waals surface area contributed by atoms with Gasteiger partial charge in [-0.1, -0.05) is 63.6 Å². The lowest BCUT2D eigenvalue weighted by atomic mass is 9.86. The van der Waals surface area contributed by atoms with Crippen molar-refractivity contribution in [3.8, 4) is 0 Å². The molecule has 0 radical (unpaired) electrons. The number of nitrogens with zero attached hydrogens (tertiary/aromatic N) is 4. The number of carbonyl (C=O) groups is 1. The summed E-state index contributed by atoms with van der Waals surface area (Å²) in [4.78, 5) is 12.4. The number of benzene rings is 1. The Morgan fingerprint density at radius 3 is 2.72 bits per heavy atom. The van der Waals surface area contributed by atoms with E-state index in [0.29, 0.717) is 11.8 Å². The van der Waals surface area contributed by atoms with Crippen LogP contribution in [0.2, 0.25) is 0 Å². The zero-order valence-electron chi connectivity index (χ0n) is 15.0. The maximum Gasteiger partial charge on any atom is 0.234 e. The van der Waals surface area contributed by atoms with Crippen LogP contribution in [0.5, 0.6) is 0 Å². The smallest absolute Gasteiger partial charge is 0.234 e. The summed E-state index contributed by atoms with van der Waals surface area (Å²) in [7, 11) is 0. The molecule has 2 aromatic rings. The van der Waals surface area contributed by atoms with Crippen molar-refractivity contribution in [2.24, 2.45) is 0 Å². The van der Waals surface area contributed by atoms with Gasteiger partial charge in [-0.2, -0.15) is 0 Å². The van der Waals surface area contributed by atoms with Gasteiger partial charge in [0, 0.05) is 5.69 Å². The van der Waals surface area contributed by atoms with Crippen molar-refractivity contribution in [3.05, 3.63) is 29.8 Å². The molecule has 0 saturated heterocycles. The van der Waals surface area contributed by atoms with Gasteiger partial charge in [-0.05, 0) is 40.3 Å². The van der Waals surface area contributed by atoms with Gasteiger partial charge in [0.15, 0.2) is 0 Å². The molecule has 1 fully saturated rings. The van der Waals surface area contributed by atoms with Crippen molar-refractivity contribution < 1.29 is 4.79 Å². The van der Waals surface area contributed by atoms with Crippen LogP contribution in [-0.4, -0.2) is 31.9 Å². The molecule has 25 heavy (non-hydrogen) atoms. The van der Waals surface area contributed by atoms with Crippen LogP contribution in [0.25, 0.3) is 0 Å². The van der Waals surface area contributed by atoms with Gasteiger partial charge in [0.05, 0.1) is 11.8 Å². The molecule has 1 aromatic carbocycles. The average Bonchev–Trinajstić information content (AvgIpc) is 3.23. The van der Waals surface area contributed by atoms with Crippen LogP contribution in [0.3, 0.4) is 0 Å². The number of thioether (sulfide) groups is 1. The van der Waals surface area contributed by atoms with Crippen molar-refractivity contribution >= 4 is 23.4 Å². The van der Waals surface area contributed by atoms with E-state index < -0.39 is 0 Å². The first kappa shape index (κ1) is 17.9. The SMILES string of the molecule is CC(C)(C)c1ccccc1NC(=O)CSc1nnnn1C1CCCC1. The fourth-order valence-electron chi connectivity index (χ4n) is 3.22. The number of amides is 1. The van der Waals surface area contributed by atoms with Crippen molar-refractivity contribution in [1.82, 2.24) is 20.2 Å². The average molecular weight is 359 g/mol. The molecule has 134 valence electrons. The van der Waals surface area contributed by atoms with Crippen LogP contribution in [-0.2, 0) is 10.2 Å². The second-order valence-corrected chi connectivity index (χ2v) is 8.42. The van der Waals surface area contributed by atoms with E-state index in [1.807, 2.05) is 22.9 Å². The highest BCUT2D eigenvalue weighted by molar-refractivity contribution is 7.99. The summed E-state index contributed by atoms with van der Waals surface area (Å²) in [5, 5.41) is 15.7. The molecule has 0 unspecified atom stereocenters. The van der Waals surface area contributed by atoms with Crippen molar-refractivity contribution in [1.29, 1.82) is 0 Å². The van der Waals surface area contributed by atoms with E-state index in [4.69, 9.17) is 0 Å². The normalized spacial score (nSPS) is 15.5. The summed E-state index contributed by atoms with van der Waals surface area (Å²) in [6.07, 6.45) is 4.67. The first-order valence-electron chi connectivity index (χ1n) is 8.75. The molecule has 0 bridgehead atoms. The second kappa shape index (κ2) is 7.56. The Hall–Kier alpha value is -1.89. The monoisotopic (exact) mass is 359 g/mol. The lowest BCUT2D eigenvalue weighted by molar-refractivity contribution is -0.113. The van der Waals surface area contributed by atoms with Crippen LogP contribution >= 0.6 is 11.8 Å². The minimum atomic E-state index is -0.0392. The van der Waals surface area contributed by atoms with E-state index in [1.165, 1.54) is 24.6 Å². The van der Waals surface area contributed by atoms with Gasteiger partial charge in [0.2, 0.25) is 11.1 Å². The van der Waals surface area contributed by atoms with Gasteiger partial charge in [-0.15, -0.1) is 5.10 Å². The number of carbonyl (C=O) groups excluding carboxylic acids is 1. The minimum absolute atomic E-state index is 0.0242. The lowest BCUT2D eigenvalue weighted by Gasteiger charge is -2.23. The Morgan fingerprint density at radius 1 is 1.28 bits per heavy atom. The highest BCUT2D eigenvalue weighted by atomic mass is 32.2. The van der Waals surface area contributed by atoms with Crippen molar-refractivity contribution in [2.75, 3.05) is 11.1 Å². The van der Waals surface area contributed by atoms with E-state index in [9.17, 15) is 4.79 Å². The molecule has 0 spiro atoms. The first-order chi connectivity index (χ1) is 11.9. The van der Waals surface area contributed by atoms with E-state index in [2.05, 4.69) is 47.7 Å². The zero-order chi connectivity index (χ0) is 17.9. The Balaban J connectivity index is 1.62. The molecule has 1 N–H and O–H groups in total. The number of rotatable bonds is 5. The van der Waals surface area contributed by atoms with Crippen LogP contribution < -0.4 is 5.32 Å². The standard InChI is InChI=1S/C18H25N5OS/c1-18(2,3)14-10-6-7-11-15(14)19-16(24)12-25-17-20-21-22-23(17)13-8-4-5-9-13/h6-7,10-11,13H,4-5,8-9,12H2,1-3H3,(H,19,24). The molecule has 7 heteroatoms. The predicted molar refractivity (Wildman–Crippen MR) is 99.8 cm³/mol. The third-order valence-corrected chi connectivity index (χ3v) is 5.41. The molecule has 1 amide bonds. The highest BCUT2D eigenvalue weighted by Gasteiger charge is 2.22. The largest absolute Gasteiger partial charge is 0.325 e. The van der Waals surface area contributed by atoms with Crippen molar-refractivity contribution in [2.45, 2.75) is 63.1 Å². The number of hydrogen-bond acceptors (Lipinski definition) is 5. The van der Waals surface area contributed by atoms with Crippen LogP contribution in [0.1, 0.15) is 58.1 Å². The lowest BCUT2D eigenvalue weighted by Crippen LogP contribution is -2.20. The first-order valence-corrected chi connectivity index (χ1v) is 9.74.